The van der Waals surface area contributed by atoms with Gasteiger partial charge in [0.25, 0.3) is 0 Å². The maximum Gasteiger partial charge on any atom is 0.230 e. The highest BCUT2D eigenvalue weighted by atomic mass is 19.1. The van der Waals surface area contributed by atoms with Crippen molar-refractivity contribution in [3.63, 3.8) is 0 Å². The first-order chi connectivity index (χ1) is 13.6. The van der Waals surface area contributed by atoms with E-state index in [9.17, 15) is 9.18 Å². The molecule has 4 rings (SSSR count). The van der Waals surface area contributed by atoms with E-state index < -0.39 is 5.82 Å². The van der Waals surface area contributed by atoms with Crippen molar-refractivity contribution in [1.29, 1.82) is 0 Å². The summed E-state index contributed by atoms with van der Waals surface area (Å²) >= 11 is 0. The fourth-order valence-electron chi connectivity index (χ4n) is 3.45. The van der Waals surface area contributed by atoms with Crippen LogP contribution in [-0.2, 0) is 11.2 Å². The number of benzene rings is 2. The first-order valence-electron chi connectivity index (χ1n) is 9.46. The van der Waals surface area contributed by atoms with Crippen LogP contribution in [0.1, 0.15) is 24.3 Å². The van der Waals surface area contributed by atoms with Gasteiger partial charge in [0.1, 0.15) is 11.6 Å². The predicted molar refractivity (Wildman–Crippen MR) is 107 cm³/mol. The van der Waals surface area contributed by atoms with Crippen molar-refractivity contribution in [1.82, 2.24) is 4.98 Å². The zero-order valence-corrected chi connectivity index (χ0v) is 15.7. The minimum Gasteiger partial charge on any atom is -0.441 e. The van der Waals surface area contributed by atoms with Crippen LogP contribution in [-0.4, -0.2) is 24.0 Å². The lowest BCUT2D eigenvalue weighted by Gasteiger charge is -2.18. The molecule has 1 saturated heterocycles. The Morgan fingerprint density at radius 2 is 1.96 bits per heavy atom. The Kier molecular flexibility index (Phi) is 5.10. The minimum absolute atomic E-state index is 0.0672. The van der Waals surface area contributed by atoms with Crippen LogP contribution in [0, 0.1) is 12.7 Å². The zero-order chi connectivity index (χ0) is 19.5. The van der Waals surface area contributed by atoms with Crippen LogP contribution in [0.2, 0.25) is 0 Å². The number of carbonyl (C=O) groups excluding carboxylic acids is 1. The number of nitrogens with zero attached hydrogens (tertiary/aromatic N) is 2. The Bertz CT molecular complexity index is 993. The molecule has 1 amide bonds. The number of rotatable bonds is 5. The van der Waals surface area contributed by atoms with Crippen LogP contribution in [0.4, 0.5) is 15.8 Å². The number of oxazole rings is 1. The topological polar surface area (TPSA) is 58.4 Å². The SMILES string of the molecule is Cc1oc(-c2ccccc2F)nc1CC(=O)Nc1cccc(N2CCCC2)c1. The Hall–Kier alpha value is -3.15. The van der Waals surface area contributed by atoms with E-state index in [0.29, 0.717) is 11.5 Å². The highest BCUT2D eigenvalue weighted by Gasteiger charge is 2.17. The number of hydrogen-bond donors (Lipinski definition) is 1. The second-order valence-corrected chi connectivity index (χ2v) is 6.97. The van der Waals surface area contributed by atoms with Crippen LogP contribution in [0.3, 0.4) is 0 Å². The van der Waals surface area contributed by atoms with Gasteiger partial charge in [-0.1, -0.05) is 18.2 Å². The number of anilines is 2. The Morgan fingerprint density at radius 3 is 2.75 bits per heavy atom. The van der Waals surface area contributed by atoms with E-state index in [4.69, 9.17) is 4.42 Å². The summed E-state index contributed by atoms with van der Waals surface area (Å²) in [5.41, 5.74) is 2.67. The number of carbonyl (C=O) groups is 1. The van der Waals surface area contributed by atoms with E-state index in [-0.39, 0.29) is 23.8 Å². The lowest BCUT2D eigenvalue weighted by Crippen LogP contribution is -2.19. The van der Waals surface area contributed by atoms with Gasteiger partial charge in [0.05, 0.1) is 17.7 Å². The molecule has 1 fully saturated rings. The van der Waals surface area contributed by atoms with Crippen LogP contribution < -0.4 is 10.2 Å². The van der Waals surface area contributed by atoms with E-state index in [0.717, 1.165) is 24.5 Å². The van der Waals surface area contributed by atoms with Crippen molar-refractivity contribution in [2.24, 2.45) is 0 Å². The summed E-state index contributed by atoms with van der Waals surface area (Å²) in [5.74, 6) is 0.113. The molecule has 5 nitrogen and oxygen atoms in total. The quantitative estimate of drug-likeness (QED) is 0.705. The number of hydrogen-bond acceptors (Lipinski definition) is 4. The number of aromatic nitrogens is 1. The average Bonchev–Trinajstić information content (AvgIpc) is 3.33. The molecule has 0 unspecified atom stereocenters. The van der Waals surface area contributed by atoms with Crippen molar-refractivity contribution in [3.05, 3.63) is 65.8 Å². The van der Waals surface area contributed by atoms with Gasteiger partial charge in [-0.25, -0.2) is 9.37 Å². The van der Waals surface area contributed by atoms with Gasteiger partial charge in [-0.05, 0) is 50.1 Å². The van der Waals surface area contributed by atoms with Crippen molar-refractivity contribution >= 4 is 17.3 Å². The van der Waals surface area contributed by atoms with E-state index in [1.54, 1.807) is 25.1 Å². The van der Waals surface area contributed by atoms with Gasteiger partial charge in [0, 0.05) is 24.5 Å². The molecule has 0 saturated carbocycles. The maximum atomic E-state index is 13.9. The second-order valence-electron chi connectivity index (χ2n) is 6.97. The van der Waals surface area contributed by atoms with E-state index in [1.165, 1.54) is 18.9 Å². The van der Waals surface area contributed by atoms with E-state index >= 15 is 0 Å². The lowest BCUT2D eigenvalue weighted by atomic mass is 10.2. The van der Waals surface area contributed by atoms with Gasteiger partial charge in [0.15, 0.2) is 0 Å². The largest absolute Gasteiger partial charge is 0.441 e. The summed E-state index contributed by atoms with van der Waals surface area (Å²) in [4.78, 5) is 19.1. The van der Waals surface area contributed by atoms with Crippen LogP contribution in [0.25, 0.3) is 11.5 Å². The Labute approximate surface area is 163 Å². The molecule has 144 valence electrons. The summed E-state index contributed by atoms with van der Waals surface area (Å²) in [5, 5.41) is 2.92. The molecule has 0 atom stereocenters. The Morgan fingerprint density at radius 1 is 1.18 bits per heavy atom. The predicted octanol–water partition coefficient (Wildman–Crippen LogP) is 4.57. The van der Waals surface area contributed by atoms with Crippen molar-refractivity contribution in [2.45, 2.75) is 26.2 Å². The maximum absolute atomic E-state index is 13.9. The van der Waals surface area contributed by atoms with Gasteiger partial charge in [-0.3, -0.25) is 4.79 Å². The lowest BCUT2D eigenvalue weighted by molar-refractivity contribution is -0.115. The third kappa shape index (κ3) is 3.91. The van der Waals surface area contributed by atoms with Gasteiger partial charge >= 0.3 is 0 Å². The van der Waals surface area contributed by atoms with Gasteiger partial charge in [-0.2, -0.15) is 0 Å². The first kappa shape index (κ1) is 18.2. The Balaban J connectivity index is 1.46. The molecule has 1 aromatic heterocycles. The number of halogens is 1. The molecule has 6 heteroatoms. The number of aryl methyl sites for hydroxylation is 1. The molecular weight excluding hydrogens is 357 g/mol. The number of nitrogens with one attached hydrogen (secondary N) is 1. The summed E-state index contributed by atoms with van der Waals surface area (Å²) in [6, 6.07) is 14.2. The van der Waals surface area contributed by atoms with Crippen LogP contribution >= 0.6 is 0 Å². The molecule has 2 aromatic carbocycles. The third-order valence-electron chi connectivity index (χ3n) is 4.93. The standard InChI is InChI=1S/C22H22FN3O2/c1-15-20(25-22(28-15)18-9-2-3-10-19(18)23)14-21(27)24-16-7-6-8-17(13-16)26-11-4-5-12-26/h2-3,6-10,13H,4-5,11-12,14H2,1H3,(H,24,27). The average molecular weight is 379 g/mol. The highest BCUT2D eigenvalue weighted by molar-refractivity contribution is 5.92. The van der Waals surface area contributed by atoms with E-state index in [2.05, 4.69) is 21.3 Å². The smallest absolute Gasteiger partial charge is 0.230 e. The van der Waals surface area contributed by atoms with Crippen molar-refractivity contribution < 1.29 is 13.6 Å². The van der Waals surface area contributed by atoms with Crippen LogP contribution in [0.5, 0.6) is 0 Å². The van der Waals surface area contributed by atoms with Crippen LogP contribution in [0.15, 0.2) is 52.9 Å². The molecule has 1 N–H and O–H groups in total. The van der Waals surface area contributed by atoms with Crippen molar-refractivity contribution in [3.8, 4) is 11.5 Å². The molecule has 0 spiro atoms. The van der Waals surface area contributed by atoms with Gasteiger partial charge in [0.2, 0.25) is 11.8 Å². The monoisotopic (exact) mass is 379 g/mol. The summed E-state index contributed by atoms with van der Waals surface area (Å²) in [6.45, 7) is 3.83. The van der Waals surface area contributed by atoms with Crippen molar-refractivity contribution in [2.75, 3.05) is 23.3 Å². The summed E-state index contributed by atoms with van der Waals surface area (Å²) < 4.78 is 19.5. The molecule has 0 aliphatic carbocycles. The molecule has 1 aliphatic rings. The zero-order valence-electron chi connectivity index (χ0n) is 15.7. The number of amides is 1. The highest BCUT2D eigenvalue weighted by Crippen LogP contribution is 2.26. The molecule has 2 heterocycles. The fraction of sp³-hybridized carbons (Fsp3) is 0.273. The first-order valence-corrected chi connectivity index (χ1v) is 9.46. The third-order valence-corrected chi connectivity index (χ3v) is 4.93. The molecule has 3 aromatic rings. The van der Waals surface area contributed by atoms with Gasteiger partial charge < -0.3 is 14.6 Å². The molecule has 28 heavy (non-hydrogen) atoms. The molecule has 0 radical (unpaired) electrons. The second kappa shape index (κ2) is 7.84. The van der Waals surface area contributed by atoms with Gasteiger partial charge in [-0.15, -0.1) is 0 Å². The van der Waals surface area contributed by atoms with E-state index in [1.807, 2.05) is 18.2 Å². The molecule has 0 bridgehead atoms. The molecular formula is C22H22FN3O2. The fourth-order valence-corrected chi connectivity index (χ4v) is 3.45. The summed E-state index contributed by atoms with van der Waals surface area (Å²) in [6.07, 6.45) is 2.47. The molecule has 1 aliphatic heterocycles. The normalized spacial score (nSPS) is 13.7. The summed E-state index contributed by atoms with van der Waals surface area (Å²) in [7, 11) is 0. The minimum atomic E-state index is -0.404.